The smallest absolute Gasteiger partial charge is 0.210 e. The molecule has 0 heterocycles. The first kappa shape index (κ1) is 16.4. The minimum absolute atomic E-state index is 0.395. The lowest BCUT2D eigenvalue weighted by molar-refractivity contribution is -0.119. The molecule has 24 heavy (non-hydrogen) atoms. The molecule has 0 radical (unpaired) electrons. The molecule has 1 amide bonds. The molecule has 0 unspecified atom stereocenters. The highest BCUT2D eigenvalue weighted by Crippen LogP contribution is 2.29. The molecule has 2 aromatic rings. The van der Waals surface area contributed by atoms with E-state index in [1.54, 1.807) is 0 Å². The number of carbonyl (C=O) groups excluding carboxylic acids is 1. The largest absolute Gasteiger partial charge is 0.494 e. The summed E-state index contributed by atoms with van der Waals surface area (Å²) in [5, 5.41) is 0. The van der Waals surface area contributed by atoms with Gasteiger partial charge in [-0.25, -0.2) is 0 Å². The van der Waals surface area contributed by atoms with Crippen molar-refractivity contribution in [3.63, 3.8) is 0 Å². The molecule has 126 valence electrons. The minimum Gasteiger partial charge on any atom is -0.494 e. The number of hydrogen-bond donors (Lipinski definition) is 0. The number of benzene rings is 2. The van der Waals surface area contributed by atoms with Gasteiger partial charge in [0.05, 0.1) is 6.61 Å². The van der Waals surface area contributed by atoms with Crippen LogP contribution in [0.15, 0.2) is 48.5 Å². The Labute approximate surface area is 143 Å². The van der Waals surface area contributed by atoms with Gasteiger partial charge in [0.25, 0.3) is 0 Å². The summed E-state index contributed by atoms with van der Waals surface area (Å²) in [6, 6.07) is 16.3. The Hall–Kier alpha value is -2.49. The zero-order valence-corrected chi connectivity index (χ0v) is 14.0. The van der Waals surface area contributed by atoms with Crippen LogP contribution in [0.4, 0.5) is 0 Å². The van der Waals surface area contributed by atoms with Crippen molar-refractivity contribution in [1.82, 2.24) is 4.90 Å². The van der Waals surface area contributed by atoms with Gasteiger partial charge in [0.15, 0.2) is 0 Å². The van der Waals surface area contributed by atoms with E-state index in [1.807, 2.05) is 60.4 Å². The van der Waals surface area contributed by atoms with E-state index in [4.69, 9.17) is 9.47 Å². The van der Waals surface area contributed by atoms with Crippen LogP contribution in [0, 0.1) is 0 Å². The van der Waals surface area contributed by atoms with Gasteiger partial charge >= 0.3 is 0 Å². The third-order valence-corrected chi connectivity index (χ3v) is 4.02. The average molecular weight is 325 g/mol. The van der Waals surface area contributed by atoms with Crippen molar-refractivity contribution in [3.05, 3.63) is 59.7 Å². The van der Waals surface area contributed by atoms with E-state index in [1.165, 1.54) is 0 Å². The molecule has 0 saturated heterocycles. The minimum atomic E-state index is 0.395. The fourth-order valence-electron chi connectivity index (χ4n) is 2.67. The van der Waals surface area contributed by atoms with Crippen LogP contribution in [0.3, 0.4) is 0 Å². The monoisotopic (exact) mass is 325 g/mol. The van der Waals surface area contributed by atoms with Gasteiger partial charge in [-0.05, 0) is 43.0 Å². The second kappa shape index (κ2) is 7.86. The molecule has 0 aromatic heterocycles. The van der Waals surface area contributed by atoms with Crippen molar-refractivity contribution in [1.29, 1.82) is 0 Å². The molecule has 1 saturated carbocycles. The van der Waals surface area contributed by atoms with Crippen molar-refractivity contribution < 1.29 is 14.3 Å². The van der Waals surface area contributed by atoms with Gasteiger partial charge in [0, 0.05) is 18.7 Å². The Morgan fingerprint density at radius 2 is 1.75 bits per heavy atom. The Bertz CT molecular complexity index is 668. The fraction of sp³-hybridized carbons (Fsp3) is 0.350. The van der Waals surface area contributed by atoms with Crippen molar-refractivity contribution in [2.24, 2.45) is 0 Å². The second-order valence-electron chi connectivity index (χ2n) is 6.03. The molecule has 0 bridgehead atoms. The quantitative estimate of drug-likeness (QED) is 0.659. The van der Waals surface area contributed by atoms with E-state index >= 15 is 0 Å². The molecular formula is C20H23NO3. The first-order valence-electron chi connectivity index (χ1n) is 8.43. The van der Waals surface area contributed by atoms with Crippen molar-refractivity contribution in [3.8, 4) is 11.5 Å². The van der Waals surface area contributed by atoms with Crippen molar-refractivity contribution >= 4 is 6.41 Å². The number of hydrogen-bond acceptors (Lipinski definition) is 3. The molecule has 4 heteroatoms. The van der Waals surface area contributed by atoms with Gasteiger partial charge in [0.1, 0.15) is 18.1 Å². The van der Waals surface area contributed by atoms with Crippen molar-refractivity contribution in [2.45, 2.75) is 39.0 Å². The molecule has 1 fully saturated rings. The van der Waals surface area contributed by atoms with Gasteiger partial charge in [-0.3, -0.25) is 4.79 Å². The summed E-state index contributed by atoms with van der Waals surface area (Å²) in [4.78, 5) is 13.1. The molecule has 0 aliphatic heterocycles. The molecule has 0 N–H and O–H groups in total. The van der Waals surface area contributed by atoms with Gasteiger partial charge in [-0.15, -0.1) is 0 Å². The topological polar surface area (TPSA) is 38.8 Å². The molecule has 0 atom stereocenters. The molecule has 4 nitrogen and oxygen atoms in total. The van der Waals surface area contributed by atoms with E-state index in [0.29, 0.717) is 25.8 Å². The summed E-state index contributed by atoms with van der Waals surface area (Å²) >= 11 is 0. The molecular weight excluding hydrogens is 302 g/mol. The zero-order chi connectivity index (χ0) is 16.8. The maximum Gasteiger partial charge on any atom is 0.210 e. The standard InChI is InChI=1S/C20H23NO3/c1-2-23-19-10-17(13-21(15-22)18-8-9-18)11-20(12-19)24-14-16-6-4-3-5-7-16/h3-7,10-12,15,18H,2,8-9,13-14H2,1H3. The Balaban J connectivity index is 1.73. The number of ether oxygens (including phenoxy) is 2. The lowest BCUT2D eigenvalue weighted by Gasteiger charge is -2.18. The van der Waals surface area contributed by atoms with E-state index < -0.39 is 0 Å². The zero-order valence-electron chi connectivity index (χ0n) is 14.0. The van der Waals surface area contributed by atoms with E-state index in [-0.39, 0.29) is 0 Å². The van der Waals surface area contributed by atoms with Crippen LogP contribution in [0.25, 0.3) is 0 Å². The predicted molar refractivity (Wildman–Crippen MR) is 93.0 cm³/mol. The molecule has 1 aliphatic carbocycles. The van der Waals surface area contributed by atoms with Crippen LogP contribution < -0.4 is 9.47 Å². The van der Waals surface area contributed by atoms with Gasteiger partial charge < -0.3 is 14.4 Å². The summed E-state index contributed by atoms with van der Waals surface area (Å²) in [6.07, 6.45) is 3.14. The molecule has 3 rings (SSSR count). The summed E-state index contributed by atoms with van der Waals surface area (Å²) in [6.45, 7) is 3.66. The third kappa shape index (κ3) is 4.51. The second-order valence-corrected chi connectivity index (χ2v) is 6.03. The maximum absolute atomic E-state index is 11.3. The lowest BCUT2D eigenvalue weighted by atomic mass is 10.2. The van der Waals surface area contributed by atoms with Crippen LogP contribution in [-0.4, -0.2) is 24.0 Å². The first-order valence-corrected chi connectivity index (χ1v) is 8.43. The third-order valence-electron chi connectivity index (χ3n) is 4.02. The van der Waals surface area contributed by atoms with Crippen LogP contribution in [0.2, 0.25) is 0 Å². The first-order chi connectivity index (χ1) is 11.8. The highest BCUT2D eigenvalue weighted by Gasteiger charge is 2.28. The van der Waals surface area contributed by atoms with Gasteiger partial charge in [-0.1, -0.05) is 30.3 Å². The summed E-state index contributed by atoms with van der Waals surface area (Å²) in [7, 11) is 0. The number of nitrogens with zero attached hydrogens (tertiary/aromatic N) is 1. The van der Waals surface area contributed by atoms with Crippen LogP contribution >= 0.6 is 0 Å². The summed E-state index contributed by atoms with van der Waals surface area (Å²) in [5.74, 6) is 1.54. The summed E-state index contributed by atoms with van der Waals surface area (Å²) in [5.41, 5.74) is 2.15. The Morgan fingerprint density at radius 1 is 1.04 bits per heavy atom. The fourth-order valence-corrected chi connectivity index (χ4v) is 2.67. The highest BCUT2D eigenvalue weighted by molar-refractivity contribution is 5.49. The Morgan fingerprint density at radius 3 is 2.38 bits per heavy atom. The van der Waals surface area contributed by atoms with E-state index in [9.17, 15) is 4.79 Å². The number of rotatable bonds is 9. The SMILES string of the molecule is CCOc1cc(CN(C=O)C2CC2)cc(OCc2ccccc2)c1. The van der Waals surface area contributed by atoms with Crippen LogP contribution in [0.5, 0.6) is 11.5 Å². The lowest BCUT2D eigenvalue weighted by Crippen LogP contribution is -2.23. The molecule has 1 aliphatic rings. The van der Waals surface area contributed by atoms with E-state index in [2.05, 4.69) is 0 Å². The normalized spacial score (nSPS) is 13.4. The highest BCUT2D eigenvalue weighted by atomic mass is 16.5. The Kier molecular flexibility index (Phi) is 5.36. The van der Waals surface area contributed by atoms with Gasteiger partial charge in [-0.2, -0.15) is 0 Å². The average Bonchev–Trinajstić information content (AvgIpc) is 3.44. The number of amides is 1. The summed E-state index contributed by atoms with van der Waals surface area (Å²) < 4.78 is 11.6. The van der Waals surface area contributed by atoms with Gasteiger partial charge in [0.2, 0.25) is 6.41 Å². The van der Waals surface area contributed by atoms with E-state index in [0.717, 1.165) is 41.9 Å². The van der Waals surface area contributed by atoms with Crippen LogP contribution in [0.1, 0.15) is 30.9 Å². The molecule has 2 aromatic carbocycles. The molecule has 0 spiro atoms. The predicted octanol–water partition coefficient (Wildman–Crippen LogP) is 3.79. The van der Waals surface area contributed by atoms with Crippen molar-refractivity contribution in [2.75, 3.05) is 6.61 Å². The van der Waals surface area contributed by atoms with Crippen LogP contribution in [-0.2, 0) is 17.9 Å². The maximum atomic E-state index is 11.3. The number of carbonyl (C=O) groups is 1.